The molecular formula is C22H27NO5Y-2. The molecule has 2 rings (SSSR count). The van der Waals surface area contributed by atoms with E-state index < -0.39 is 17.7 Å². The maximum atomic E-state index is 11.4. The molecule has 0 fully saturated rings. The van der Waals surface area contributed by atoms with E-state index in [0.717, 1.165) is 0 Å². The van der Waals surface area contributed by atoms with Crippen LogP contribution in [0.2, 0.25) is 0 Å². The number of aliphatic hydroxyl groups is 1. The van der Waals surface area contributed by atoms with Gasteiger partial charge in [-0.15, -0.1) is 0 Å². The van der Waals surface area contributed by atoms with Crippen LogP contribution >= 0.6 is 0 Å². The van der Waals surface area contributed by atoms with E-state index in [0.29, 0.717) is 23.4 Å². The zero-order chi connectivity index (χ0) is 21.3. The van der Waals surface area contributed by atoms with Crippen molar-refractivity contribution in [3.05, 3.63) is 71.9 Å². The van der Waals surface area contributed by atoms with Crippen molar-refractivity contribution in [1.82, 2.24) is 4.98 Å². The minimum atomic E-state index is -0.861. The molecule has 1 aromatic carbocycles. The summed E-state index contributed by atoms with van der Waals surface area (Å²) in [4.78, 5) is 26.8. The summed E-state index contributed by atoms with van der Waals surface area (Å²) in [6.07, 6.45) is -0.861. The van der Waals surface area contributed by atoms with E-state index >= 15 is 0 Å². The number of hydrogen-bond acceptors (Lipinski definition) is 6. The van der Waals surface area contributed by atoms with Crippen LogP contribution in [0.4, 0.5) is 0 Å². The van der Waals surface area contributed by atoms with Gasteiger partial charge in [0.05, 0.1) is 6.61 Å². The molecule has 2 aromatic rings. The molecule has 7 heteroatoms. The molecule has 1 unspecified atom stereocenters. The summed E-state index contributed by atoms with van der Waals surface area (Å²) in [5, 5.41) is 9.29. The van der Waals surface area contributed by atoms with Crippen molar-refractivity contribution in [3.8, 4) is 0 Å². The summed E-state index contributed by atoms with van der Waals surface area (Å²) in [6, 6.07) is 12.8. The van der Waals surface area contributed by atoms with Crippen molar-refractivity contribution >= 4 is 11.9 Å². The van der Waals surface area contributed by atoms with Crippen LogP contribution in [0.3, 0.4) is 0 Å². The van der Waals surface area contributed by atoms with Crippen molar-refractivity contribution in [2.75, 3.05) is 6.61 Å². The molecule has 1 heterocycles. The predicted octanol–water partition coefficient (Wildman–Crippen LogP) is 3.87. The van der Waals surface area contributed by atoms with Crippen LogP contribution in [0, 0.1) is 19.9 Å². The number of nitrogens with zero attached hydrogens (tertiary/aromatic N) is 1. The first-order valence-electron chi connectivity index (χ1n) is 8.89. The van der Waals surface area contributed by atoms with Crippen LogP contribution < -0.4 is 0 Å². The van der Waals surface area contributed by atoms with Crippen LogP contribution in [-0.4, -0.2) is 34.2 Å². The number of esters is 2. The van der Waals surface area contributed by atoms with Crippen LogP contribution in [0.1, 0.15) is 65.9 Å². The molecule has 1 aromatic heterocycles. The third kappa shape index (κ3) is 10.6. The first kappa shape index (κ1) is 27.4. The van der Waals surface area contributed by atoms with Gasteiger partial charge >= 0.3 is 11.9 Å². The second-order valence-corrected chi connectivity index (χ2v) is 6.95. The standard InChI is InChI=1S/C11H14NO3.C11H13O2.Y/c1-4-15-11(14)10-6-9(8(3)13)5-7(2)12-10;1-11(2,3)13-10(12)9-7-5-4-6-8-9;/h5-6,8,13H,3-4H2,1-2H3;5-8H,1-3H3;/q2*-1;. The number of aromatic nitrogens is 1. The molecule has 1 radical (unpaired) electrons. The number of carbonyl (C=O) groups excluding carboxylic acids is 2. The maximum absolute atomic E-state index is 11.4. The zero-order valence-electron chi connectivity index (χ0n) is 17.6. The molecule has 0 aliphatic rings. The number of rotatable bonds is 4. The molecule has 1 N–H and O–H groups in total. The van der Waals surface area contributed by atoms with Gasteiger partial charge in [0, 0.05) is 38.4 Å². The molecule has 0 aliphatic carbocycles. The van der Waals surface area contributed by atoms with E-state index in [1.807, 2.05) is 20.8 Å². The van der Waals surface area contributed by atoms with E-state index in [-0.39, 0.29) is 44.4 Å². The molecule has 0 bridgehead atoms. The largest absolute Gasteiger partial charge is 0.461 e. The normalized spacial score (nSPS) is 11.3. The molecule has 6 nitrogen and oxygen atoms in total. The number of pyridine rings is 1. The van der Waals surface area contributed by atoms with Gasteiger partial charge in [0.25, 0.3) is 0 Å². The van der Waals surface area contributed by atoms with Gasteiger partial charge in [-0.25, -0.2) is 14.6 Å². The average molecular weight is 474 g/mol. The van der Waals surface area contributed by atoms with Gasteiger partial charge in [-0.3, -0.25) is 0 Å². The molecule has 0 amide bonds. The monoisotopic (exact) mass is 474 g/mol. The summed E-state index contributed by atoms with van der Waals surface area (Å²) in [5.41, 5.74) is 1.54. The second-order valence-electron chi connectivity index (χ2n) is 6.95. The number of aliphatic hydroxyl groups excluding tert-OH is 1. The molecule has 0 saturated heterocycles. The Hall–Kier alpha value is -1.63. The van der Waals surface area contributed by atoms with Crippen LogP contribution in [0.15, 0.2) is 36.4 Å². The Bertz CT molecular complexity index is 786. The topological polar surface area (TPSA) is 85.7 Å². The van der Waals surface area contributed by atoms with E-state index in [1.165, 1.54) is 6.07 Å². The summed E-state index contributed by atoms with van der Waals surface area (Å²) in [5.74, 6) is -0.774. The quantitative estimate of drug-likeness (QED) is 0.535. The van der Waals surface area contributed by atoms with Gasteiger partial charge in [0.15, 0.2) is 0 Å². The molecule has 29 heavy (non-hydrogen) atoms. The van der Waals surface area contributed by atoms with E-state index in [1.54, 1.807) is 44.2 Å². The molecule has 0 saturated carbocycles. The Morgan fingerprint density at radius 2 is 1.79 bits per heavy atom. The van der Waals surface area contributed by atoms with Gasteiger partial charge in [0.1, 0.15) is 11.3 Å². The van der Waals surface area contributed by atoms with Crippen molar-refractivity contribution in [1.29, 1.82) is 0 Å². The fourth-order valence-corrected chi connectivity index (χ4v) is 2.06. The van der Waals surface area contributed by atoms with E-state index in [2.05, 4.69) is 18.0 Å². The van der Waals surface area contributed by atoms with Crippen LogP contribution in [0.5, 0.6) is 0 Å². The van der Waals surface area contributed by atoms with Crippen molar-refractivity contribution in [2.24, 2.45) is 0 Å². The number of ether oxygens (including phenoxy) is 2. The predicted molar refractivity (Wildman–Crippen MR) is 106 cm³/mol. The van der Waals surface area contributed by atoms with E-state index in [4.69, 9.17) is 9.47 Å². The van der Waals surface area contributed by atoms with Gasteiger partial charge in [0.2, 0.25) is 0 Å². The van der Waals surface area contributed by atoms with Crippen molar-refractivity contribution < 1.29 is 56.9 Å². The van der Waals surface area contributed by atoms with Gasteiger partial charge in [-0.05, 0) is 64.0 Å². The fraction of sp³-hybridized carbons (Fsp3) is 0.364. The van der Waals surface area contributed by atoms with Gasteiger partial charge in [-0.2, -0.15) is 30.3 Å². The second kappa shape index (κ2) is 12.8. The van der Waals surface area contributed by atoms with Gasteiger partial charge in [-0.1, -0.05) is 0 Å². The Morgan fingerprint density at radius 3 is 2.28 bits per heavy atom. The molecule has 155 valence electrons. The van der Waals surface area contributed by atoms with Crippen molar-refractivity contribution in [3.63, 3.8) is 0 Å². The van der Waals surface area contributed by atoms with Gasteiger partial charge < -0.3 is 21.5 Å². The fourth-order valence-electron chi connectivity index (χ4n) is 2.06. The summed E-state index contributed by atoms with van der Waals surface area (Å²) in [6.45, 7) is 12.8. The summed E-state index contributed by atoms with van der Waals surface area (Å²) < 4.78 is 9.99. The zero-order valence-corrected chi connectivity index (χ0v) is 20.4. The minimum absolute atomic E-state index is 0. The Morgan fingerprint density at radius 1 is 1.21 bits per heavy atom. The van der Waals surface area contributed by atoms with E-state index in [9.17, 15) is 14.7 Å². The number of benzene rings is 1. The molecule has 0 spiro atoms. The summed E-state index contributed by atoms with van der Waals surface area (Å²) >= 11 is 0. The average Bonchev–Trinajstić information content (AvgIpc) is 2.61. The molecule has 0 aliphatic heterocycles. The summed E-state index contributed by atoms with van der Waals surface area (Å²) in [7, 11) is 0. The molecular weight excluding hydrogens is 447 g/mol. The molecule has 1 atom stereocenters. The minimum Gasteiger partial charge on any atom is -0.461 e. The first-order valence-corrected chi connectivity index (χ1v) is 8.89. The Labute approximate surface area is 197 Å². The number of carbonyl (C=O) groups is 2. The third-order valence-corrected chi connectivity index (χ3v) is 3.20. The van der Waals surface area contributed by atoms with Crippen LogP contribution in [0.25, 0.3) is 0 Å². The number of aryl methyl sites for hydroxylation is 1. The van der Waals surface area contributed by atoms with Crippen molar-refractivity contribution in [2.45, 2.75) is 46.3 Å². The van der Waals surface area contributed by atoms with Crippen LogP contribution in [-0.2, 0) is 42.2 Å². The smallest absolute Gasteiger partial charge is 0.356 e. The SMILES string of the molecule is CC(C)(C)OC(=O)c1cc[c-]cc1.[CH2-]C(O)c1cc(C)nc(C(=O)OCC)c1.[Y]. The Balaban J connectivity index is 0.000000527. The number of hydrogen-bond donors (Lipinski definition) is 1. The third-order valence-electron chi connectivity index (χ3n) is 3.20. The first-order chi connectivity index (χ1) is 13.0. The Kier molecular flexibility index (Phi) is 12.1. The maximum Gasteiger partial charge on any atom is 0.356 e.